The van der Waals surface area contributed by atoms with E-state index in [1.54, 1.807) is 60.7 Å². The van der Waals surface area contributed by atoms with Crippen LogP contribution in [0.3, 0.4) is 0 Å². The smallest absolute Gasteiger partial charge is 0.275 e. The number of hydrazone groups is 1. The van der Waals surface area contributed by atoms with Crippen LogP contribution >= 0.6 is 11.6 Å². The Labute approximate surface area is 178 Å². The summed E-state index contributed by atoms with van der Waals surface area (Å²) in [6.45, 7) is -0.146. The Balaban J connectivity index is 1.47. The summed E-state index contributed by atoms with van der Waals surface area (Å²) in [5.41, 5.74) is 3.83. The third kappa shape index (κ3) is 6.08. The summed E-state index contributed by atoms with van der Waals surface area (Å²) in [5, 5.41) is 16.8. The zero-order valence-corrected chi connectivity index (χ0v) is 16.5. The van der Waals surface area contributed by atoms with E-state index < -0.39 is 5.91 Å². The maximum atomic E-state index is 12.0. The molecule has 152 valence electrons. The Bertz CT molecular complexity index is 1050. The molecule has 0 heterocycles. The number of halogens is 1. The third-order valence-electron chi connectivity index (χ3n) is 3.91. The van der Waals surface area contributed by atoms with Gasteiger partial charge in [0.15, 0.2) is 6.61 Å². The SMILES string of the molecule is O=C(COc1ccc(/C=N/NC(=O)c2ccccc2O)cc1)Nc1ccc(Cl)cc1. The summed E-state index contributed by atoms with van der Waals surface area (Å²) in [7, 11) is 0. The molecule has 0 unspecified atom stereocenters. The fourth-order valence-corrected chi connectivity index (χ4v) is 2.55. The molecule has 0 bridgehead atoms. The highest BCUT2D eigenvalue weighted by atomic mass is 35.5. The number of carbonyl (C=O) groups is 2. The lowest BCUT2D eigenvalue weighted by Gasteiger charge is -2.08. The van der Waals surface area contributed by atoms with Gasteiger partial charge < -0.3 is 15.2 Å². The molecule has 0 aromatic heterocycles. The average molecular weight is 424 g/mol. The fraction of sp³-hybridized carbons (Fsp3) is 0.0455. The predicted molar refractivity (Wildman–Crippen MR) is 115 cm³/mol. The molecule has 3 N–H and O–H groups in total. The van der Waals surface area contributed by atoms with Gasteiger partial charge in [0.2, 0.25) is 0 Å². The van der Waals surface area contributed by atoms with Crippen LogP contribution in [-0.4, -0.2) is 29.7 Å². The van der Waals surface area contributed by atoms with E-state index in [4.69, 9.17) is 16.3 Å². The lowest BCUT2D eigenvalue weighted by molar-refractivity contribution is -0.118. The van der Waals surface area contributed by atoms with E-state index >= 15 is 0 Å². The Morgan fingerprint density at radius 3 is 2.40 bits per heavy atom. The molecule has 0 saturated heterocycles. The molecular weight excluding hydrogens is 406 g/mol. The molecule has 30 heavy (non-hydrogen) atoms. The quantitative estimate of drug-likeness (QED) is 0.397. The van der Waals surface area contributed by atoms with Crippen LogP contribution in [0.5, 0.6) is 11.5 Å². The molecule has 3 aromatic carbocycles. The maximum Gasteiger partial charge on any atom is 0.275 e. The Morgan fingerprint density at radius 2 is 1.70 bits per heavy atom. The van der Waals surface area contributed by atoms with Gasteiger partial charge in [-0.2, -0.15) is 5.10 Å². The Morgan fingerprint density at radius 1 is 1.00 bits per heavy atom. The molecular formula is C22H18ClN3O4. The normalized spacial score (nSPS) is 10.6. The van der Waals surface area contributed by atoms with E-state index in [0.29, 0.717) is 22.0 Å². The first-order valence-corrected chi connectivity index (χ1v) is 9.29. The summed E-state index contributed by atoms with van der Waals surface area (Å²) < 4.78 is 5.45. The van der Waals surface area contributed by atoms with Gasteiger partial charge in [0.05, 0.1) is 11.8 Å². The number of aromatic hydroxyl groups is 1. The van der Waals surface area contributed by atoms with Crippen molar-refractivity contribution >= 4 is 35.3 Å². The number of amides is 2. The highest BCUT2D eigenvalue weighted by molar-refractivity contribution is 6.30. The number of carbonyl (C=O) groups excluding carboxylic acids is 2. The van der Waals surface area contributed by atoms with Crippen molar-refractivity contribution < 1.29 is 19.4 Å². The first kappa shape index (κ1) is 20.9. The van der Waals surface area contributed by atoms with E-state index in [2.05, 4.69) is 15.8 Å². The molecule has 0 aliphatic rings. The van der Waals surface area contributed by atoms with Crippen LogP contribution in [0, 0.1) is 0 Å². The minimum Gasteiger partial charge on any atom is -0.507 e. The van der Waals surface area contributed by atoms with E-state index in [1.165, 1.54) is 18.3 Å². The summed E-state index contributed by atoms with van der Waals surface area (Å²) in [4.78, 5) is 23.9. The second-order valence-corrected chi connectivity index (χ2v) is 6.57. The van der Waals surface area contributed by atoms with E-state index in [1.807, 2.05) is 0 Å². The summed E-state index contributed by atoms with van der Waals surface area (Å²) >= 11 is 5.81. The first-order valence-electron chi connectivity index (χ1n) is 8.91. The number of ether oxygens (including phenoxy) is 1. The van der Waals surface area contributed by atoms with Crippen LogP contribution in [0.25, 0.3) is 0 Å². The van der Waals surface area contributed by atoms with Crippen LogP contribution in [0.15, 0.2) is 77.9 Å². The average Bonchev–Trinajstić information content (AvgIpc) is 2.75. The number of anilines is 1. The molecule has 0 saturated carbocycles. The second kappa shape index (κ2) is 10.1. The number of hydrogen-bond acceptors (Lipinski definition) is 5. The van der Waals surface area contributed by atoms with Crippen molar-refractivity contribution in [2.45, 2.75) is 0 Å². The van der Waals surface area contributed by atoms with Gasteiger partial charge >= 0.3 is 0 Å². The molecule has 3 rings (SSSR count). The monoisotopic (exact) mass is 423 g/mol. The zero-order valence-electron chi connectivity index (χ0n) is 15.7. The number of benzene rings is 3. The fourth-order valence-electron chi connectivity index (χ4n) is 2.42. The van der Waals surface area contributed by atoms with Crippen molar-refractivity contribution in [1.82, 2.24) is 5.43 Å². The van der Waals surface area contributed by atoms with Crippen molar-refractivity contribution in [1.29, 1.82) is 0 Å². The van der Waals surface area contributed by atoms with Crippen LogP contribution in [0.4, 0.5) is 5.69 Å². The largest absolute Gasteiger partial charge is 0.507 e. The van der Waals surface area contributed by atoms with Crippen LogP contribution in [-0.2, 0) is 4.79 Å². The Kier molecular flexibility index (Phi) is 7.02. The number of phenolic OH excluding ortho intramolecular Hbond substituents is 1. The minimum atomic E-state index is -0.518. The van der Waals surface area contributed by atoms with Gasteiger partial charge in [-0.25, -0.2) is 5.43 Å². The maximum absolute atomic E-state index is 12.0. The van der Waals surface area contributed by atoms with Crippen molar-refractivity contribution in [2.75, 3.05) is 11.9 Å². The highest BCUT2D eigenvalue weighted by Crippen LogP contribution is 2.16. The van der Waals surface area contributed by atoms with Crippen LogP contribution in [0.1, 0.15) is 15.9 Å². The van der Waals surface area contributed by atoms with Crippen LogP contribution < -0.4 is 15.5 Å². The summed E-state index contributed by atoms with van der Waals surface area (Å²) in [5.74, 6) is -0.422. The van der Waals surface area contributed by atoms with Gasteiger partial charge in [0.25, 0.3) is 11.8 Å². The number of hydrogen-bond donors (Lipinski definition) is 3. The zero-order chi connectivity index (χ0) is 21.3. The van der Waals surface area contributed by atoms with Crippen molar-refractivity contribution in [2.24, 2.45) is 5.10 Å². The van der Waals surface area contributed by atoms with Gasteiger partial charge in [-0.15, -0.1) is 0 Å². The second-order valence-electron chi connectivity index (χ2n) is 6.13. The standard InChI is InChI=1S/C22H18ClN3O4/c23-16-7-9-17(10-8-16)25-21(28)14-30-18-11-5-15(6-12-18)13-24-26-22(29)19-3-1-2-4-20(19)27/h1-13,27H,14H2,(H,25,28)(H,26,29)/b24-13+. The predicted octanol–water partition coefficient (Wildman–Crippen LogP) is 3.83. The first-order chi connectivity index (χ1) is 14.5. The van der Waals surface area contributed by atoms with Crippen molar-refractivity contribution in [3.8, 4) is 11.5 Å². The molecule has 7 nitrogen and oxygen atoms in total. The molecule has 0 fully saturated rings. The van der Waals surface area contributed by atoms with Crippen LogP contribution in [0.2, 0.25) is 5.02 Å². The van der Waals surface area contributed by atoms with E-state index in [0.717, 1.165) is 0 Å². The number of rotatable bonds is 7. The number of nitrogens with one attached hydrogen (secondary N) is 2. The van der Waals surface area contributed by atoms with E-state index in [-0.39, 0.29) is 23.8 Å². The summed E-state index contributed by atoms with van der Waals surface area (Å²) in [6, 6.07) is 19.8. The topological polar surface area (TPSA) is 100 Å². The van der Waals surface area contributed by atoms with Gasteiger partial charge in [0, 0.05) is 10.7 Å². The molecule has 0 atom stereocenters. The lowest BCUT2D eigenvalue weighted by atomic mass is 10.2. The molecule has 0 aliphatic heterocycles. The highest BCUT2D eigenvalue weighted by Gasteiger charge is 2.08. The lowest BCUT2D eigenvalue weighted by Crippen LogP contribution is -2.20. The molecule has 2 amide bonds. The summed E-state index contributed by atoms with van der Waals surface area (Å²) in [6.07, 6.45) is 1.45. The number of phenols is 1. The number of nitrogens with zero attached hydrogens (tertiary/aromatic N) is 1. The molecule has 8 heteroatoms. The number of para-hydroxylation sites is 1. The third-order valence-corrected chi connectivity index (χ3v) is 4.16. The molecule has 0 aliphatic carbocycles. The van der Waals surface area contributed by atoms with E-state index in [9.17, 15) is 14.7 Å². The van der Waals surface area contributed by atoms with Gasteiger partial charge in [-0.1, -0.05) is 23.7 Å². The molecule has 3 aromatic rings. The van der Waals surface area contributed by atoms with Gasteiger partial charge in [-0.05, 0) is 66.2 Å². The molecule has 0 radical (unpaired) electrons. The van der Waals surface area contributed by atoms with Gasteiger partial charge in [0.1, 0.15) is 11.5 Å². The van der Waals surface area contributed by atoms with Gasteiger partial charge in [-0.3, -0.25) is 9.59 Å². The van der Waals surface area contributed by atoms with Crippen molar-refractivity contribution in [3.63, 3.8) is 0 Å². The Hall–Kier alpha value is -3.84. The molecule has 0 spiro atoms. The minimum absolute atomic E-state index is 0.119. The van der Waals surface area contributed by atoms with Crippen molar-refractivity contribution in [3.05, 3.63) is 88.9 Å².